The van der Waals surface area contributed by atoms with Gasteiger partial charge in [0.05, 0.1) is 19.3 Å². The number of carboxylic acid groups (broad SMARTS) is 1. The standard InChI is InChI=1S/C23H24N2O6/c1-23(21(27)28)13-30-12-19(23)25-20(26)10-24-22(29)31-11-18-16-8-4-2-6-14(16)15-7-3-5-9-17(15)18/h2-9,18-19H,10-13H2,1H3,(H,24,29)(H,25,26)(H,27,28). The number of amides is 2. The number of ether oxygens (including phenoxy) is 2. The molecule has 8 heteroatoms. The Bertz CT molecular complexity index is 977. The maximum Gasteiger partial charge on any atom is 0.407 e. The SMILES string of the molecule is CC1(C(=O)O)COCC1NC(=O)CNC(=O)OCC1c2ccccc2-c2ccccc21. The number of carboxylic acids is 1. The Morgan fingerprint density at radius 2 is 1.71 bits per heavy atom. The zero-order valence-corrected chi connectivity index (χ0v) is 17.1. The lowest BCUT2D eigenvalue weighted by atomic mass is 9.85. The number of nitrogens with one attached hydrogen (secondary N) is 2. The van der Waals surface area contributed by atoms with Crippen molar-refractivity contribution in [1.82, 2.24) is 10.6 Å². The molecular formula is C23H24N2O6. The first-order chi connectivity index (χ1) is 14.9. The number of carbonyl (C=O) groups excluding carboxylic acids is 2. The second kappa shape index (κ2) is 8.39. The van der Waals surface area contributed by atoms with Gasteiger partial charge in [-0.2, -0.15) is 0 Å². The lowest BCUT2D eigenvalue weighted by Gasteiger charge is -2.25. The Hall–Kier alpha value is -3.39. The van der Waals surface area contributed by atoms with Crippen LogP contribution in [0.15, 0.2) is 48.5 Å². The summed E-state index contributed by atoms with van der Waals surface area (Å²) < 4.78 is 10.6. The molecule has 1 heterocycles. The highest BCUT2D eigenvalue weighted by Crippen LogP contribution is 2.44. The van der Waals surface area contributed by atoms with E-state index in [1.807, 2.05) is 36.4 Å². The van der Waals surface area contributed by atoms with E-state index in [-0.39, 0.29) is 32.3 Å². The lowest BCUT2D eigenvalue weighted by Crippen LogP contribution is -2.51. The summed E-state index contributed by atoms with van der Waals surface area (Å²) in [7, 11) is 0. The highest BCUT2D eigenvalue weighted by Gasteiger charge is 2.47. The zero-order valence-electron chi connectivity index (χ0n) is 17.1. The molecule has 2 amide bonds. The number of benzene rings is 2. The minimum absolute atomic E-state index is 0.0209. The molecule has 1 aliphatic carbocycles. The summed E-state index contributed by atoms with van der Waals surface area (Å²) in [6.07, 6.45) is -0.708. The molecular weight excluding hydrogens is 400 g/mol. The first kappa shape index (κ1) is 20.9. The summed E-state index contributed by atoms with van der Waals surface area (Å²) in [6.45, 7) is 1.48. The molecule has 1 aliphatic heterocycles. The summed E-state index contributed by atoms with van der Waals surface area (Å²) in [6, 6.07) is 15.4. The van der Waals surface area contributed by atoms with Gasteiger partial charge in [0.15, 0.2) is 0 Å². The number of rotatable bonds is 6. The van der Waals surface area contributed by atoms with Crippen LogP contribution in [0.4, 0.5) is 4.79 Å². The number of hydrogen-bond donors (Lipinski definition) is 3. The average Bonchev–Trinajstić information content (AvgIpc) is 3.29. The number of carbonyl (C=O) groups is 3. The first-order valence-corrected chi connectivity index (χ1v) is 10.1. The van der Waals surface area contributed by atoms with Crippen molar-refractivity contribution < 1.29 is 29.0 Å². The maximum atomic E-state index is 12.2. The molecule has 31 heavy (non-hydrogen) atoms. The minimum Gasteiger partial charge on any atom is -0.481 e. The van der Waals surface area contributed by atoms with E-state index in [0.717, 1.165) is 22.3 Å². The van der Waals surface area contributed by atoms with E-state index in [4.69, 9.17) is 9.47 Å². The highest BCUT2D eigenvalue weighted by molar-refractivity contribution is 5.84. The van der Waals surface area contributed by atoms with Crippen molar-refractivity contribution in [3.8, 4) is 11.1 Å². The van der Waals surface area contributed by atoms with Crippen LogP contribution in [0.25, 0.3) is 11.1 Å². The number of hydrogen-bond acceptors (Lipinski definition) is 5. The van der Waals surface area contributed by atoms with Crippen LogP contribution in [-0.2, 0) is 19.1 Å². The number of fused-ring (bicyclic) bond motifs is 3. The Balaban J connectivity index is 1.30. The average molecular weight is 424 g/mol. The molecule has 8 nitrogen and oxygen atoms in total. The van der Waals surface area contributed by atoms with Crippen LogP contribution in [0.5, 0.6) is 0 Å². The summed E-state index contributed by atoms with van der Waals surface area (Å²) in [5.41, 5.74) is 3.27. The summed E-state index contributed by atoms with van der Waals surface area (Å²) in [5, 5.41) is 14.4. The Kier molecular flexibility index (Phi) is 5.65. The molecule has 2 aromatic rings. The zero-order chi connectivity index (χ0) is 22.0. The number of alkyl carbamates (subject to hydrolysis) is 1. The van der Waals surface area contributed by atoms with Gasteiger partial charge in [-0.1, -0.05) is 48.5 Å². The minimum atomic E-state index is -1.20. The van der Waals surface area contributed by atoms with Crippen molar-refractivity contribution in [1.29, 1.82) is 0 Å². The van der Waals surface area contributed by atoms with Gasteiger partial charge in [0, 0.05) is 5.92 Å². The van der Waals surface area contributed by atoms with Gasteiger partial charge >= 0.3 is 12.1 Å². The molecule has 1 fully saturated rings. The van der Waals surface area contributed by atoms with Gasteiger partial charge in [-0.15, -0.1) is 0 Å². The largest absolute Gasteiger partial charge is 0.481 e. The van der Waals surface area contributed by atoms with Crippen LogP contribution in [0, 0.1) is 5.41 Å². The lowest BCUT2D eigenvalue weighted by molar-refractivity contribution is -0.149. The van der Waals surface area contributed by atoms with Crippen molar-refractivity contribution in [2.75, 3.05) is 26.4 Å². The number of aliphatic carboxylic acids is 1. The van der Waals surface area contributed by atoms with E-state index in [2.05, 4.69) is 22.8 Å². The topological polar surface area (TPSA) is 114 Å². The van der Waals surface area contributed by atoms with Crippen molar-refractivity contribution in [3.63, 3.8) is 0 Å². The molecule has 0 aromatic heterocycles. The fraction of sp³-hybridized carbons (Fsp3) is 0.348. The first-order valence-electron chi connectivity index (χ1n) is 10.1. The van der Waals surface area contributed by atoms with Gasteiger partial charge in [-0.05, 0) is 29.2 Å². The van der Waals surface area contributed by atoms with Crippen LogP contribution < -0.4 is 10.6 Å². The molecule has 4 rings (SSSR count). The van der Waals surface area contributed by atoms with Crippen LogP contribution in [0.1, 0.15) is 24.0 Å². The van der Waals surface area contributed by atoms with Crippen molar-refractivity contribution in [2.45, 2.75) is 18.9 Å². The van der Waals surface area contributed by atoms with E-state index >= 15 is 0 Å². The molecule has 1 saturated heterocycles. The molecule has 0 radical (unpaired) electrons. The van der Waals surface area contributed by atoms with Gasteiger partial charge in [0.1, 0.15) is 18.6 Å². The normalized spacial score (nSPS) is 21.8. The third-order valence-electron chi connectivity index (χ3n) is 6.02. The summed E-state index contributed by atoms with van der Waals surface area (Å²) in [4.78, 5) is 35.8. The second-order valence-electron chi connectivity index (χ2n) is 8.04. The van der Waals surface area contributed by atoms with Gasteiger partial charge in [0.25, 0.3) is 0 Å². The van der Waals surface area contributed by atoms with Gasteiger partial charge < -0.3 is 25.2 Å². The smallest absolute Gasteiger partial charge is 0.407 e. The fourth-order valence-corrected chi connectivity index (χ4v) is 4.13. The van der Waals surface area contributed by atoms with Crippen molar-refractivity contribution >= 4 is 18.0 Å². The van der Waals surface area contributed by atoms with Gasteiger partial charge in [-0.3, -0.25) is 9.59 Å². The molecule has 0 spiro atoms. The van der Waals surface area contributed by atoms with Crippen LogP contribution in [-0.4, -0.2) is 55.5 Å². The molecule has 162 valence electrons. The predicted molar refractivity (Wildman–Crippen MR) is 112 cm³/mol. The Labute approximate surface area is 179 Å². The third-order valence-corrected chi connectivity index (χ3v) is 6.02. The molecule has 2 aromatic carbocycles. The quantitative estimate of drug-likeness (QED) is 0.655. The van der Waals surface area contributed by atoms with Crippen LogP contribution in [0.3, 0.4) is 0 Å². The van der Waals surface area contributed by atoms with Crippen LogP contribution in [0.2, 0.25) is 0 Å². The van der Waals surface area contributed by atoms with E-state index in [1.165, 1.54) is 6.92 Å². The van der Waals surface area contributed by atoms with Gasteiger partial charge in [0.2, 0.25) is 5.91 Å². The van der Waals surface area contributed by atoms with E-state index in [1.54, 1.807) is 0 Å². The second-order valence-corrected chi connectivity index (χ2v) is 8.04. The fourth-order valence-electron chi connectivity index (χ4n) is 4.13. The monoisotopic (exact) mass is 424 g/mol. The maximum absolute atomic E-state index is 12.2. The van der Waals surface area contributed by atoms with E-state index in [0.29, 0.717) is 0 Å². The molecule has 3 N–H and O–H groups in total. The highest BCUT2D eigenvalue weighted by atomic mass is 16.5. The third kappa shape index (κ3) is 3.98. The van der Waals surface area contributed by atoms with Crippen molar-refractivity contribution in [3.05, 3.63) is 59.7 Å². The molecule has 0 saturated carbocycles. The van der Waals surface area contributed by atoms with E-state index in [9.17, 15) is 19.5 Å². The summed E-state index contributed by atoms with van der Waals surface area (Å²) in [5.74, 6) is -1.62. The molecule has 2 aliphatic rings. The Morgan fingerprint density at radius 3 is 2.32 bits per heavy atom. The van der Waals surface area contributed by atoms with Gasteiger partial charge in [-0.25, -0.2) is 4.79 Å². The molecule has 2 atom stereocenters. The Morgan fingerprint density at radius 1 is 1.10 bits per heavy atom. The summed E-state index contributed by atoms with van der Waals surface area (Å²) >= 11 is 0. The molecule has 2 unspecified atom stereocenters. The molecule has 0 bridgehead atoms. The van der Waals surface area contributed by atoms with E-state index < -0.39 is 29.4 Å². The van der Waals surface area contributed by atoms with Crippen LogP contribution >= 0.6 is 0 Å². The predicted octanol–water partition coefficient (Wildman–Crippen LogP) is 2.13. The van der Waals surface area contributed by atoms with Crippen molar-refractivity contribution in [2.24, 2.45) is 5.41 Å².